The van der Waals surface area contributed by atoms with Crippen molar-refractivity contribution in [3.63, 3.8) is 0 Å². The first-order valence-corrected chi connectivity index (χ1v) is 12.3. The minimum absolute atomic E-state index is 0.00449. The van der Waals surface area contributed by atoms with Crippen LogP contribution in [0.4, 0.5) is 11.4 Å². The first-order chi connectivity index (χ1) is 17.1. The zero-order valence-corrected chi connectivity index (χ0v) is 21.2. The fourth-order valence-electron chi connectivity index (χ4n) is 3.37. The number of carbonyl (C=O) groups is 3. The average Bonchev–Trinajstić information content (AvgIpc) is 2.88. The van der Waals surface area contributed by atoms with Crippen molar-refractivity contribution in [1.29, 1.82) is 0 Å². The van der Waals surface area contributed by atoms with Crippen molar-refractivity contribution < 1.29 is 32.3 Å². The number of amides is 1. The van der Waals surface area contributed by atoms with Gasteiger partial charge in [0, 0.05) is 10.7 Å². The molecule has 3 aromatic carbocycles. The number of nitrogens with zero attached hydrogens (tertiary/aromatic N) is 1. The van der Waals surface area contributed by atoms with Gasteiger partial charge in [-0.1, -0.05) is 35.9 Å². The Balaban J connectivity index is 2.01. The van der Waals surface area contributed by atoms with Gasteiger partial charge in [0.2, 0.25) is 5.91 Å². The smallest absolute Gasteiger partial charge is 0.337 e. The maximum atomic E-state index is 13.5. The average molecular weight is 531 g/mol. The zero-order valence-electron chi connectivity index (χ0n) is 19.6. The number of anilines is 2. The van der Waals surface area contributed by atoms with E-state index in [0.717, 1.165) is 4.31 Å². The van der Waals surface area contributed by atoms with Crippen molar-refractivity contribution >= 4 is 50.8 Å². The summed E-state index contributed by atoms with van der Waals surface area (Å²) < 4.78 is 37.4. The van der Waals surface area contributed by atoms with Gasteiger partial charge in [-0.3, -0.25) is 9.10 Å². The first-order valence-electron chi connectivity index (χ1n) is 10.5. The van der Waals surface area contributed by atoms with Crippen LogP contribution in [0.2, 0.25) is 5.02 Å². The molecule has 0 unspecified atom stereocenters. The van der Waals surface area contributed by atoms with Crippen LogP contribution < -0.4 is 9.62 Å². The van der Waals surface area contributed by atoms with Gasteiger partial charge in [-0.15, -0.1) is 0 Å². The molecule has 0 fully saturated rings. The van der Waals surface area contributed by atoms with E-state index in [2.05, 4.69) is 5.32 Å². The Labute approximate surface area is 213 Å². The molecule has 11 heteroatoms. The number of sulfonamides is 1. The van der Waals surface area contributed by atoms with Crippen molar-refractivity contribution in [2.45, 2.75) is 11.8 Å². The Morgan fingerprint density at radius 2 is 1.47 bits per heavy atom. The van der Waals surface area contributed by atoms with Crippen LogP contribution in [0.1, 0.15) is 26.3 Å². The van der Waals surface area contributed by atoms with Gasteiger partial charge in [-0.2, -0.15) is 0 Å². The molecule has 188 valence electrons. The molecular weight excluding hydrogens is 508 g/mol. The number of methoxy groups -OCH3 is 2. The van der Waals surface area contributed by atoms with E-state index in [1.54, 1.807) is 37.3 Å². The molecule has 0 heterocycles. The maximum absolute atomic E-state index is 13.5. The van der Waals surface area contributed by atoms with Gasteiger partial charge in [-0.05, 0) is 55.0 Å². The van der Waals surface area contributed by atoms with Crippen molar-refractivity contribution in [1.82, 2.24) is 0 Å². The van der Waals surface area contributed by atoms with Crippen LogP contribution in [0.15, 0.2) is 71.6 Å². The number of nitrogens with one attached hydrogen (secondary N) is 1. The summed E-state index contributed by atoms with van der Waals surface area (Å²) in [6.07, 6.45) is 0. The van der Waals surface area contributed by atoms with E-state index in [0.29, 0.717) is 5.56 Å². The fourth-order valence-corrected chi connectivity index (χ4v) is 5.04. The quantitative estimate of drug-likeness (QED) is 0.436. The summed E-state index contributed by atoms with van der Waals surface area (Å²) in [4.78, 5) is 37.2. The van der Waals surface area contributed by atoms with Gasteiger partial charge in [0.05, 0.1) is 35.9 Å². The van der Waals surface area contributed by atoms with Crippen LogP contribution >= 0.6 is 11.6 Å². The van der Waals surface area contributed by atoms with E-state index < -0.39 is 34.4 Å². The lowest BCUT2D eigenvalue weighted by atomic mass is 10.1. The Morgan fingerprint density at radius 1 is 0.889 bits per heavy atom. The summed E-state index contributed by atoms with van der Waals surface area (Å²) in [5.41, 5.74) is 0.862. The molecule has 0 saturated heterocycles. The minimum atomic E-state index is -4.17. The highest BCUT2D eigenvalue weighted by atomic mass is 35.5. The second-order valence-electron chi connectivity index (χ2n) is 7.59. The third kappa shape index (κ3) is 6.02. The monoisotopic (exact) mass is 530 g/mol. The number of halogens is 1. The summed E-state index contributed by atoms with van der Waals surface area (Å²) in [6.45, 7) is 1.08. The van der Waals surface area contributed by atoms with Crippen molar-refractivity contribution in [3.8, 4) is 0 Å². The fraction of sp³-hybridized carbons (Fsp3) is 0.160. The van der Waals surface area contributed by atoms with E-state index in [4.69, 9.17) is 21.1 Å². The van der Waals surface area contributed by atoms with Gasteiger partial charge in [0.1, 0.15) is 6.54 Å². The van der Waals surface area contributed by atoms with Gasteiger partial charge in [0.15, 0.2) is 0 Å². The molecule has 0 atom stereocenters. The molecule has 36 heavy (non-hydrogen) atoms. The van der Waals surface area contributed by atoms with Crippen LogP contribution in [0.5, 0.6) is 0 Å². The Hall–Kier alpha value is -3.89. The number of carbonyl (C=O) groups excluding carboxylic acids is 3. The van der Waals surface area contributed by atoms with Crippen LogP contribution in [-0.2, 0) is 24.3 Å². The number of benzene rings is 3. The first kappa shape index (κ1) is 26.7. The molecule has 3 aromatic rings. The SMILES string of the molecule is COC(=O)c1cc(NC(=O)CN(c2cc(Cl)ccc2C)S(=O)(=O)c2ccccc2)cc(C(=O)OC)c1. The van der Waals surface area contributed by atoms with Crippen LogP contribution in [0.3, 0.4) is 0 Å². The topological polar surface area (TPSA) is 119 Å². The second kappa shape index (κ2) is 11.2. The molecule has 1 amide bonds. The molecule has 1 N–H and O–H groups in total. The highest BCUT2D eigenvalue weighted by Gasteiger charge is 2.28. The van der Waals surface area contributed by atoms with Crippen LogP contribution in [0, 0.1) is 6.92 Å². The third-order valence-corrected chi connectivity index (χ3v) is 7.13. The summed E-state index contributed by atoms with van der Waals surface area (Å²) in [5, 5.41) is 2.83. The van der Waals surface area contributed by atoms with Gasteiger partial charge < -0.3 is 14.8 Å². The van der Waals surface area contributed by atoms with Crippen LogP contribution in [-0.4, -0.2) is 47.0 Å². The molecule has 0 aliphatic rings. The molecular formula is C25H23ClN2O7S. The lowest BCUT2D eigenvalue weighted by Gasteiger charge is -2.26. The predicted octanol–water partition coefficient (Wildman–Crippen LogP) is 4.06. The van der Waals surface area contributed by atoms with E-state index >= 15 is 0 Å². The molecule has 0 bridgehead atoms. The zero-order chi connectivity index (χ0) is 26.5. The normalized spacial score (nSPS) is 10.9. The van der Waals surface area contributed by atoms with E-state index in [1.165, 1.54) is 50.6 Å². The van der Waals surface area contributed by atoms with E-state index in [9.17, 15) is 22.8 Å². The summed E-state index contributed by atoms with van der Waals surface area (Å²) >= 11 is 6.14. The number of rotatable bonds is 8. The second-order valence-corrected chi connectivity index (χ2v) is 9.88. The number of hydrogen-bond donors (Lipinski definition) is 1. The number of hydrogen-bond acceptors (Lipinski definition) is 7. The Kier molecular flexibility index (Phi) is 8.33. The molecule has 0 aliphatic carbocycles. The maximum Gasteiger partial charge on any atom is 0.337 e. The lowest BCUT2D eigenvalue weighted by Crippen LogP contribution is -2.38. The summed E-state index contributed by atoms with van der Waals surface area (Å²) in [5.74, 6) is -2.20. The highest BCUT2D eigenvalue weighted by Crippen LogP contribution is 2.29. The predicted molar refractivity (Wildman–Crippen MR) is 135 cm³/mol. The van der Waals surface area contributed by atoms with Crippen molar-refractivity contribution in [2.24, 2.45) is 0 Å². The third-order valence-electron chi connectivity index (χ3n) is 5.12. The molecule has 3 rings (SSSR count). The van der Waals surface area contributed by atoms with Crippen LogP contribution in [0.25, 0.3) is 0 Å². The van der Waals surface area contributed by atoms with E-state index in [1.807, 2.05) is 0 Å². The van der Waals surface area contributed by atoms with Crippen molar-refractivity contribution in [2.75, 3.05) is 30.4 Å². The van der Waals surface area contributed by atoms with Crippen molar-refractivity contribution in [3.05, 3.63) is 88.4 Å². The number of esters is 2. The largest absolute Gasteiger partial charge is 0.465 e. The standard InChI is InChI=1S/C25H23ClN2O7S/c1-16-9-10-19(26)14-22(16)28(36(32,33)21-7-5-4-6-8-21)15-23(29)27-20-12-17(24(30)34-2)11-18(13-20)25(31)35-3/h4-14H,15H2,1-3H3,(H,27,29). The lowest BCUT2D eigenvalue weighted by molar-refractivity contribution is -0.114. The summed E-state index contributed by atoms with van der Waals surface area (Å²) in [6, 6.07) is 16.2. The minimum Gasteiger partial charge on any atom is -0.465 e. The number of ether oxygens (including phenoxy) is 2. The molecule has 0 radical (unpaired) electrons. The van der Waals surface area contributed by atoms with Gasteiger partial charge in [-0.25, -0.2) is 18.0 Å². The molecule has 0 aromatic heterocycles. The Bertz CT molecular complexity index is 1370. The Morgan fingerprint density at radius 3 is 2.03 bits per heavy atom. The van der Waals surface area contributed by atoms with E-state index in [-0.39, 0.29) is 32.4 Å². The molecule has 9 nitrogen and oxygen atoms in total. The molecule has 0 saturated carbocycles. The van der Waals surface area contributed by atoms with Gasteiger partial charge in [0.25, 0.3) is 10.0 Å². The molecule has 0 spiro atoms. The highest BCUT2D eigenvalue weighted by molar-refractivity contribution is 7.92. The number of aryl methyl sites for hydroxylation is 1. The van der Waals surface area contributed by atoms with Gasteiger partial charge >= 0.3 is 11.9 Å². The molecule has 0 aliphatic heterocycles. The summed E-state index contributed by atoms with van der Waals surface area (Å²) in [7, 11) is -1.82.